The van der Waals surface area contributed by atoms with E-state index in [4.69, 9.17) is 0 Å². The molecule has 1 unspecified atom stereocenters. The van der Waals surface area contributed by atoms with Crippen LogP contribution < -0.4 is 10.4 Å². The van der Waals surface area contributed by atoms with Crippen molar-refractivity contribution in [1.29, 1.82) is 0 Å². The van der Waals surface area contributed by atoms with Crippen LogP contribution in [0.2, 0.25) is 0 Å². The number of benzene rings is 5. The molecule has 2 heteroatoms. The summed E-state index contributed by atoms with van der Waals surface area (Å²) in [7, 11) is 0. The predicted molar refractivity (Wildman–Crippen MR) is 147 cm³/mol. The van der Waals surface area contributed by atoms with Crippen LogP contribution in [0.25, 0.3) is 22.4 Å². The molecule has 0 aliphatic heterocycles. The van der Waals surface area contributed by atoms with E-state index < -0.39 is 0 Å². The molecule has 0 fully saturated rings. The van der Waals surface area contributed by atoms with Crippen molar-refractivity contribution >= 4 is 22.4 Å². The van der Waals surface area contributed by atoms with Gasteiger partial charge in [0, 0.05) is 11.3 Å². The van der Waals surface area contributed by atoms with Crippen molar-refractivity contribution in [2.45, 2.75) is 32.1 Å². The highest BCUT2D eigenvalue weighted by molar-refractivity contribution is 5.84. The van der Waals surface area contributed by atoms with Crippen LogP contribution in [-0.4, -0.2) is 0 Å². The van der Waals surface area contributed by atoms with Crippen molar-refractivity contribution in [3.05, 3.63) is 151 Å². The van der Waals surface area contributed by atoms with Crippen molar-refractivity contribution in [3.8, 4) is 0 Å². The van der Waals surface area contributed by atoms with Crippen LogP contribution in [0.1, 0.15) is 46.6 Å². The first-order valence-electron chi connectivity index (χ1n) is 13.0. The second-order valence-corrected chi connectivity index (χ2v) is 10.3. The molecule has 0 heterocycles. The molecule has 5 aromatic rings. The Bertz CT molecular complexity index is 1950. The van der Waals surface area contributed by atoms with Crippen molar-refractivity contribution in [2.24, 2.45) is 0 Å². The minimum Gasteiger partial charge on any atom is -0.207 e. The molecular weight excluding hydrogens is 458 g/mol. The zero-order valence-electron chi connectivity index (χ0n) is 20.7. The van der Waals surface area contributed by atoms with Crippen LogP contribution in [0, 0.1) is 29.0 Å². The summed E-state index contributed by atoms with van der Waals surface area (Å²) in [6.45, 7) is 2.16. The third-order valence-corrected chi connectivity index (χ3v) is 8.20. The maximum Gasteiger partial charge on any atom is 0.135 e. The van der Waals surface area contributed by atoms with E-state index in [1.54, 1.807) is 6.07 Å². The van der Waals surface area contributed by atoms with Crippen molar-refractivity contribution in [3.63, 3.8) is 0 Å². The van der Waals surface area contributed by atoms with Crippen LogP contribution in [-0.2, 0) is 6.42 Å². The van der Waals surface area contributed by atoms with Gasteiger partial charge < -0.3 is 0 Å². The molecule has 0 saturated carbocycles. The van der Waals surface area contributed by atoms with Crippen molar-refractivity contribution in [2.75, 3.05) is 0 Å². The minimum absolute atomic E-state index is 0.174. The molecule has 2 aliphatic carbocycles. The molecule has 37 heavy (non-hydrogen) atoms. The Morgan fingerprint density at radius 3 is 2.43 bits per heavy atom. The fourth-order valence-corrected chi connectivity index (χ4v) is 6.48. The van der Waals surface area contributed by atoms with Gasteiger partial charge in [-0.2, -0.15) is 0 Å². The van der Waals surface area contributed by atoms with Gasteiger partial charge in [-0.15, -0.1) is 0 Å². The molecular formula is C35H26F2. The van der Waals surface area contributed by atoms with Crippen molar-refractivity contribution < 1.29 is 8.78 Å². The van der Waals surface area contributed by atoms with Crippen LogP contribution >= 0.6 is 0 Å². The van der Waals surface area contributed by atoms with Crippen LogP contribution in [0.4, 0.5) is 8.78 Å². The Labute approximate surface area is 214 Å². The number of halogens is 2. The number of aryl methyl sites for hydroxylation is 1. The topological polar surface area (TPSA) is 0 Å². The van der Waals surface area contributed by atoms with E-state index in [1.807, 2.05) is 42.5 Å². The van der Waals surface area contributed by atoms with Gasteiger partial charge in [-0.3, -0.25) is 0 Å². The monoisotopic (exact) mass is 484 g/mol. The number of rotatable bonds is 2. The van der Waals surface area contributed by atoms with E-state index in [0.29, 0.717) is 10.9 Å². The largest absolute Gasteiger partial charge is 0.207 e. The zero-order valence-corrected chi connectivity index (χ0v) is 20.7. The normalized spacial score (nSPS) is 16.1. The Morgan fingerprint density at radius 1 is 0.730 bits per heavy atom. The molecule has 0 spiro atoms. The average Bonchev–Trinajstić information content (AvgIpc) is 2.93. The van der Waals surface area contributed by atoms with Crippen LogP contribution in [0.3, 0.4) is 0 Å². The lowest BCUT2D eigenvalue weighted by molar-refractivity contribution is 0.620. The smallest absolute Gasteiger partial charge is 0.135 e. The third-order valence-electron chi connectivity index (χ3n) is 8.20. The first-order chi connectivity index (χ1) is 18.1. The summed E-state index contributed by atoms with van der Waals surface area (Å²) in [5.74, 6) is -0.672. The van der Waals surface area contributed by atoms with Crippen LogP contribution in [0.15, 0.2) is 91.0 Å². The van der Waals surface area contributed by atoms with E-state index >= 15 is 4.39 Å². The zero-order chi connectivity index (χ0) is 25.1. The first kappa shape index (κ1) is 22.2. The summed E-state index contributed by atoms with van der Waals surface area (Å²) in [5.41, 5.74) is 6.96. The summed E-state index contributed by atoms with van der Waals surface area (Å²) in [6.07, 6.45) is 5.11. The quantitative estimate of drug-likeness (QED) is 0.249. The summed E-state index contributed by atoms with van der Waals surface area (Å²) >= 11 is 0. The second-order valence-electron chi connectivity index (χ2n) is 10.3. The lowest BCUT2D eigenvalue weighted by Crippen LogP contribution is -2.25. The Balaban J connectivity index is 1.61. The number of fused-ring (bicyclic) bond motifs is 5. The van der Waals surface area contributed by atoms with E-state index in [1.165, 1.54) is 33.5 Å². The molecule has 0 radical (unpaired) electrons. The molecule has 0 saturated heterocycles. The van der Waals surface area contributed by atoms with Gasteiger partial charge in [0.05, 0.1) is 0 Å². The van der Waals surface area contributed by atoms with E-state index in [2.05, 4.69) is 49.4 Å². The highest BCUT2D eigenvalue weighted by atomic mass is 19.1. The van der Waals surface area contributed by atoms with Crippen molar-refractivity contribution in [1.82, 2.24) is 0 Å². The van der Waals surface area contributed by atoms with Gasteiger partial charge in [-0.25, -0.2) is 8.78 Å². The maximum absolute atomic E-state index is 16.1. The molecule has 0 bridgehead atoms. The molecule has 7 rings (SSSR count). The summed E-state index contributed by atoms with van der Waals surface area (Å²) < 4.78 is 30.6. The fourth-order valence-electron chi connectivity index (χ4n) is 6.48. The Kier molecular flexibility index (Phi) is 5.11. The standard InChI is InChI=1S/C35H26F2/c1-21-7-2-4-9-25(21)27-11-6-12-29-28(27)17-18-30-32-20-24(36)15-13-23(32)19-33(34(29)30)31-16-14-22-8-3-5-10-26(22)35(31)37/h2-5,7-10,13-20,33H,6,11-12H2,1H3. The third kappa shape index (κ3) is 3.47. The molecule has 0 amide bonds. The van der Waals surface area contributed by atoms with E-state index in [9.17, 15) is 4.39 Å². The van der Waals surface area contributed by atoms with Gasteiger partial charge in [-0.1, -0.05) is 84.9 Å². The molecule has 0 nitrogen and oxygen atoms in total. The minimum atomic E-state index is -0.252. The maximum atomic E-state index is 16.1. The van der Waals surface area contributed by atoms with Crippen LogP contribution in [0.5, 0.6) is 0 Å². The van der Waals surface area contributed by atoms with E-state index in [-0.39, 0.29) is 17.6 Å². The molecule has 2 aliphatic rings. The van der Waals surface area contributed by atoms with Gasteiger partial charge in [0.15, 0.2) is 0 Å². The summed E-state index contributed by atoms with van der Waals surface area (Å²) in [6, 6.07) is 29.4. The Hall–Kier alpha value is -4.04. The first-order valence-corrected chi connectivity index (χ1v) is 13.0. The SMILES string of the molecule is Cc1ccccc1C1=c2ccc3c(c2CCC1)C(c1ccc2ccccc2c1F)C=c1ccc(F)cc1=3. The lowest BCUT2D eigenvalue weighted by Gasteiger charge is -2.27. The van der Waals surface area contributed by atoms with Gasteiger partial charge in [-0.05, 0) is 98.0 Å². The fraction of sp³-hybridized carbons (Fsp3) is 0.143. The summed E-state index contributed by atoms with van der Waals surface area (Å²) in [4.78, 5) is 0. The molecule has 0 N–H and O–H groups in total. The van der Waals surface area contributed by atoms with Gasteiger partial charge >= 0.3 is 0 Å². The second kappa shape index (κ2) is 8.52. The summed E-state index contributed by atoms with van der Waals surface area (Å²) in [5, 5.41) is 5.63. The molecule has 1 atom stereocenters. The van der Waals surface area contributed by atoms with Gasteiger partial charge in [0.25, 0.3) is 0 Å². The highest BCUT2D eigenvalue weighted by Crippen LogP contribution is 2.37. The molecule has 180 valence electrons. The molecule has 5 aromatic carbocycles. The van der Waals surface area contributed by atoms with Gasteiger partial charge in [0.1, 0.15) is 11.6 Å². The lowest BCUT2D eigenvalue weighted by atomic mass is 9.77. The van der Waals surface area contributed by atoms with Gasteiger partial charge in [0.2, 0.25) is 0 Å². The number of hydrogen-bond donors (Lipinski definition) is 0. The molecule has 0 aromatic heterocycles. The number of hydrogen-bond acceptors (Lipinski definition) is 0. The Morgan fingerprint density at radius 2 is 1.54 bits per heavy atom. The predicted octanol–water partition coefficient (Wildman–Crippen LogP) is 7.17. The van der Waals surface area contributed by atoms with E-state index in [0.717, 1.165) is 45.9 Å². The highest BCUT2D eigenvalue weighted by Gasteiger charge is 2.26. The average molecular weight is 485 g/mol.